The van der Waals surface area contributed by atoms with Gasteiger partial charge in [0.05, 0.1) is 0 Å². The molecule has 14 heavy (non-hydrogen) atoms. The summed E-state index contributed by atoms with van der Waals surface area (Å²) < 4.78 is 0. The van der Waals surface area contributed by atoms with Crippen LogP contribution in [-0.4, -0.2) is 16.6 Å². The number of rotatable bonds is 4. The van der Waals surface area contributed by atoms with E-state index in [4.69, 9.17) is 12.2 Å². The van der Waals surface area contributed by atoms with Gasteiger partial charge in [0.25, 0.3) is 0 Å². The first-order chi connectivity index (χ1) is 6.83. The van der Waals surface area contributed by atoms with Crippen molar-refractivity contribution in [3.05, 3.63) is 24.5 Å². The molecule has 4 heteroatoms. The lowest BCUT2D eigenvalue weighted by atomic mass is 10.3. The van der Waals surface area contributed by atoms with Crippen molar-refractivity contribution >= 4 is 23.0 Å². The SMILES string of the molecule is CCCCNC(=S)Nc1ccncc1. The van der Waals surface area contributed by atoms with Crippen molar-refractivity contribution in [2.45, 2.75) is 19.8 Å². The number of hydrogen-bond acceptors (Lipinski definition) is 2. The molecule has 2 N–H and O–H groups in total. The number of aromatic nitrogens is 1. The van der Waals surface area contributed by atoms with Gasteiger partial charge in [0, 0.05) is 24.6 Å². The molecule has 0 unspecified atom stereocenters. The fourth-order valence-corrected chi connectivity index (χ4v) is 1.21. The first-order valence-corrected chi connectivity index (χ1v) is 5.18. The van der Waals surface area contributed by atoms with Crippen LogP contribution in [0.5, 0.6) is 0 Å². The summed E-state index contributed by atoms with van der Waals surface area (Å²) in [5.41, 5.74) is 0.967. The summed E-state index contributed by atoms with van der Waals surface area (Å²) in [5.74, 6) is 0. The van der Waals surface area contributed by atoms with E-state index in [2.05, 4.69) is 22.5 Å². The molecule has 0 aromatic carbocycles. The van der Waals surface area contributed by atoms with Crippen LogP contribution in [0.1, 0.15) is 19.8 Å². The van der Waals surface area contributed by atoms with Gasteiger partial charge in [0.1, 0.15) is 0 Å². The van der Waals surface area contributed by atoms with Gasteiger partial charge in [-0.2, -0.15) is 0 Å². The van der Waals surface area contributed by atoms with Crippen molar-refractivity contribution in [1.82, 2.24) is 10.3 Å². The molecule has 0 bridgehead atoms. The molecule has 0 amide bonds. The molecule has 3 nitrogen and oxygen atoms in total. The second-order valence-electron chi connectivity index (χ2n) is 2.97. The molecule has 0 aliphatic heterocycles. The zero-order valence-corrected chi connectivity index (χ0v) is 9.10. The molecule has 0 saturated heterocycles. The second kappa shape index (κ2) is 6.32. The highest BCUT2D eigenvalue weighted by molar-refractivity contribution is 7.80. The summed E-state index contributed by atoms with van der Waals surface area (Å²) in [4.78, 5) is 3.92. The molecule has 0 saturated carbocycles. The van der Waals surface area contributed by atoms with Crippen LogP contribution in [0.15, 0.2) is 24.5 Å². The Morgan fingerprint density at radius 3 is 2.79 bits per heavy atom. The lowest BCUT2D eigenvalue weighted by molar-refractivity contribution is 0.758. The number of pyridine rings is 1. The molecule has 1 heterocycles. The predicted octanol–water partition coefficient (Wildman–Crippen LogP) is 2.17. The molecule has 0 aliphatic rings. The molecule has 1 rings (SSSR count). The number of thiocarbonyl (C=S) groups is 1. The molecule has 0 spiro atoms. The summed E-state index contributed by atoms with van der Waals surface area (Å²) in [7, 11) is 0. The molecular weight excluding hydrogens is 194 g/mol. The Hall–Kier alpha value is -1.16. The Morgan fingerprint density at radius 1 is 1.43 bits per heavy atom. The van der Waals surface area contributed by atoms with Crippen LogP contribution in [0, 0.1) is 0 Å². The zero-order chi connectivity index (χ0) is 10.2. The van der Waals surface area contributed by atoms with Gasteiger partial charge < -0.3 is 10.6 Å². The largest absolute Gasteiger partial charge is 0.362 e. The Bertz CT molecular complexity index is 274. The van der Waals surface area contributed by atoms with Gasteiger partial charge in [-0.05, 0) is 30.8 Å². The summed E-state index contributed by atoms with van der Waals surface area (Å²) in [6.45, 7) is 3.08. The first-order valence-electron chi connectivity index (χ1n) is 4.78. The number of anilines is 1. The number of unbranched alkanes of at least 4 members (excludes halogenated alkanes) is 1. The minimum absolute atomic E-state index is 0.671. The molecule has 0 aliphatic carbocycles. The van der Waals surface area contributed by atoms with Crippen LogP contribution in [0.25, 0.3) is 0 Å². The van der Waals surface area contributed by atoms with E-state index in [1.807, 2.05) is 12.1 Å². The van der Waals surface area contributed by atoms with E-state index >= 15 is 0 Å². The molecule has 0 radical (unpaired) electrons. The molecule has 0 atom stereocenters. The number of nitrogens with zero attached hydrogens (tertiary/aromatic N) is 1. The van der Waals surface area contributed by atoms with Crippen LogP contribution >= 0.6 is 12.2 Å². The lowest BCUT2D eigenvalue weighted by Gasteiger charge is -2.09. The summed E-state index contributed by atoms with van der Waals surface area (Å²) in [6.07, 6.45) is 5.77. The van der Waals surface area contributed by atoms with E-state index in [-0.39, 0.29) is 0 Å². The lowest BCUT2D eigenvalue weighted by Crippen LogP contribution is -2.29. The Morgan fingerprint density at radius 2 is 2.14 bits per heavy atom. The standard InChI is InChI=1S/C10H15N3S/c1-2-3-6-12-10(14)13-9-4-7-11-8-5-9/h4-5,7-8H,2-3,6H2,1H3,(H2,11,12,13,14). The van der Waals surface area contributed by atoms with Gasteiger partial charge in [0.15, 0.2) is 5.11 Å². The fourth-order valence-electron chi connectivity index (χ4n) is 0.989. The van der Waals surface area contributed by atoms with Crippen LogP contribution in [0.4, 0.5) is 5.69 Å². The minimum atomic E-state index is 0.671. The third-order valence-electron chi connectivity index (χ3n) is 1.75. The Kier molecular flexibility index (Phi) is 4.93. The minimum Gasteiger partial charge on any atom is -0.362 e. The first kappa shape index (κ1) is 10.9. The zero-order valence-electron chi connectivity index (χ0n) is 8.29. The number of hydrogen-bond donors (Lipinski definition) is 2. The third-order valence-corrected chi connectivity index (χ3v) is 2.00. The molecule has 76 valence electrons. The van der Waals surface area contributed by atoms with Crippen LogP contribution in [0.3, 0.4) is 0 Å². The maximum Gasteiger partial charge on any atom is 0.170 e. The van der Waals surface area contributed by atoms with Gasteiger partial charge in [-0.1, -0.05) is 13.3 Å². The molecule has 1 aromatic rings. The van der Waals surface area contributed by atoms with Crippen molar-refractivity contribution in [3.63, 3.8) is 0 Å². The van der Waals surface area contributed by atoms with Crippen molar-refractivity contribution in [3.8, 4) is 0 Å². The normalized spacial score (nSPS) is 9.50. The van der Waals surface area contributed by atoms with E-state index in [9.17, 15) is 0 Å². The maximum atomic E-state index is 5.11. The fraction of sp³-hybridized carbons (Fsp3) is 0.400. The van der Waals surface area contributed by atoms with Crippen molar-refractivity contribution in [2.24, 2.45) is 0 Å². The predicted molar refractivity (Wildman–Crippen MR) is 63.4 cm³/mol. The number of nitrogens with one attached hydrogen (secondary N) is 2. The Balaban J connectivity index is 2.27. The highest BCUT2D eigenvalue weighted by Crippen LogP contribution is 2.02. The van der Waals surface area contributed by atoms with Gasteiger partial charge in [0.2, 0.25) is 0 Å². The monoisotopic (exact) mass is 209 g/mol. The highest BCUT2D eigenvalue weighted by atomic mass is 32.1. The molecular formula is C10H15N3S. The van der Waals surface area contributed by atoms with E-state index in [1.54, 1.807) is 12.4 Å². The summed E-state index contributed by atoms with van der Waals surface area (Å²) in [5, 5.41) is 6.88. The van der Waals surface area contributed by atoms with E-state index in [0.717, 1.165) is 18.7 Å². The second-order valence-corrected chi connectivity index (χ2v) is 3.38. The average molecular weight is 209 g/mol. The smallest absolute Gasteiger partial charge is 0.170 e. The topological polar surface area (TPSA) is 37.0 Å². The molecule has 1 aromatic heterocycles. The third kappa shape index (κ3) is 4.18. The van der Waals surface area contributed by atoms with Crippen LogP contribution in [0.2, 0.25) is 0 Å². The van der Waals surface area contributed by atoms with E-state index in [1.165, 1.54) is 6.42 Å². The van der Waals surface area contributed by atoms with E-state index < -0.39 is 0 Å². The van der Waals surface area contributed by atoms with Gasteiger partial charge in [-0.3, -0.25) is 4.98 Å². The molecule has 0 fully saturated rings. The van der Waals surface area contributed by atoms with Gasteiger partial charge in [-0.15, -0.1) is 0 Å². The average Bonchev–Trinajstić information content (AvgIpc) is 2.20. The van der Waals surface area contributed by atoms with Crippen molar-refractivity contribution in [2.75, 3.05) is 11.9 Å². The highest BCUT2D eigenvalue weighted by Gasteiger charge is 1.94. The van der Waals surface area contributed by atoms with Crippen LogP contribution < -0.4 is 10.6 Å². The van der Waals surface area contributed by atoms with E-state index in [0.29, 0.717) is 5.11 Å². The van der Waals surface area contributed by atoms with Crippen LogP contribution in [-0.2, 0) is 0 Å². The Labute approximate surface area is 89.9 Å². The maximum absolute atomic E-state index is 5.11. The van der Waals surface area contributed by atoms with Gasteiger partial charge >= 0.3 is 0 Å². The van der Waals surface area contributed by atoms with Crippen molar-refractivity contribution < 1.29 is 0 Å². The quantitative estimate of drug-likeness (QED) is 0.588. The summed E-state index contributed by atoms with van der Waals surface area (Å²) >= 11 is 5.11. The van der Waals surface area contributed by atoms with Gasteiger partial charge in [-0.25, -0.2) is 0 Å². The summed E-state index contributed by atoms with van der Waals surface area (Å²) in [6, 6.07) is 3.77. The van der Waals surface area contributed by atoms with Crippen molar-refractivity contribution in [1.29, 1.82) is 0 Å².